The molecule has 1 aromatic rings. The minimum absolute atomic E-state index is 0.464. The summed E-state index contributed by atoms with van der Waals surface area (Å²) in [6.45, 7) is 5.50. The molecule has 0 aliphatic carbocycles. The van der Waals surface area contributed by atoms with E-state index in [9.17, 15) is 0 Å². The fourth-order valence-electron chi connectivity index (χ4n) is 1.80. The normalized spacial score (nSPS) is 18.3. The molecule has 86 valence electrons. The number of rotatable bonds is 2. The van der Waals surface area contributed by atoms with Crippen LogP contribution in [0, 0.1) is 11.3 Å². The summed E-state index contributed by atoms with van der Waals surface area (Å²) in [6.07, 6.45) is 2.10. The zero-order chi connectivity index (χ0) is 11.6. The van der Waals surface area contributed by atoms with Crippen molar-refractivity contribution in [3.05, 3.63) is 16.1 Å². The van der Waals surface area contributed by atoms with Gasteiger partial charge in [-0.1, -0.05) is 0 Å². The number of nitriles is 1. The average molecular weight is 236 g/mol. The van der Waals surface area contributed by atoms with Gasteiger partial charge in [0.15, 0.2) is 0 Å². The Labute approximate surface area is 100 Å². The first-order chi connectivity index (χ1) is 7.63. The van der Waals surface area contributed by atoms with Crippen LogP contribution in [0.2, 0.25) is 0 Å². The molecular weight excluding hydrogens is 220 g/mol. The van der Waals surface area contributed by atoms with E-state index in [2.05, 4.69) is 16.4 Å². The molecular formula is C12H16N2OS. The Bertz CT molecular complexity index is 399. The summed E-state index contributed by atoms with van der Waals surface area (Å²) >= 11 is 1.60. The maximum atomic E-state index is 9.06. The van der Waals surface area contributed by atoms with E-state index < -0.39 is 5.41 Å². The molecule has 0 saturated carbocycles. The third-order valence-electron chi connectivity index (χ3n) is 2.98. The van der Waals surface area contributed by atoms with Crippen LogP contribution in [0.5, 0.6) is 0 Å². The van der Waals surface area contributed by atoms with Gasteiger partial charge in [0.2, 0.25) is 0 Å². The van der Waals surface area contributed by atoms with Gasteiger partial charge < -0.3 is 4.74 Å². The number of thiazole rings is 1. The van der Waals surface area contributed by atoms with Gasteiger partial charge in [-0.05, 0) is 26.7 Å². The summed E-state index contributed by atoms with van der Waals surface area (Å²) < 4.78 is 5.34. The number of nitrogens with zero attached hydrogens (tertiary/aromatic N) is 2. The van der Waals surface area contributed by atoms with Gasteiger partial charge in [-0.15, -0.1) is 11.3 Å². The lowest BCUT2D eigenvalue weighted by atomic mass is 9.95. The lowest BCUT2D eigenvalue weighted by molar-refractivity contribution is 0.0846. The lowest BCUT2D eigenvalue weighted by Gasteiger charge is -2.20. The van der Waals surface area contributed by atoms with Gasteiger partial charge in [0.05, 0.1) is 11.8 Å². The summed E-state index contributed by atoms with van der Waals surface area (Å²) in [7, 11) is 0. The molecule has 1 fully saturated rings. The van der Waals surface area contributed by atoms with Gasteiger partial charge in [0, 0.05) is 24.5 Å². The molecule has 0 radical (unpaired) electrons. The summed E-state index contributed by atoms with van der Waals surface area (Å²) in [6, 6.07) is 2.30. The fraction of sp³-hybridized carbons (Fsp3) is 0.667. The third-order valence-corrected chi connectivity index (χ3v) is 4.16. The van der Waals surface area contributed by atoms with Crippen molar-refractivity contribution in [2.75, 3.05) is 13.2 Å². The van der Waals surface area contributed by atoms with Crippen molar-refractivity contribution in [1.82, 2.24) is 4.98 Å². The zero-order valence-corrected chi connectivity index (χ0v) is 10.5. The first kappa shape index (κ1) is 11.6. The summed E-state index contributed by atoms with van der Waals surface area (Å²) in [5, 5.41) is 12.1. The molecule has 0 spiro atoms. The SMILES string of the molecule is CC(C)(C#N)c1nc(C2CCOCC2)cs1. The van der Waals surface area contributed by atoms with E-state index >= 15 is 0 Å². The predicted molar refractivity (Wildman–Crippen MR) is 63.5 cm³/mol. The maximum Gasteiger partial charge on any atom is 0.113 e. The molecule has 1 aromatic heterocycles. The van der Waals surface area contributed by atoms with E-state index in [1.165, 1.54) is 0 Å². The molecule has 2 rings (SSSR count). The van der Waals surface area contributed by atoms with Crippen molar-refractivity contribution in [3.8, 4) is 6.07 Å². The molecule has 0 atom stereocenters. The molecule has 1 aliphatic heterocycles. The van der Waals surface area contributed by atoms with Crippen molar-refractivity contribution >= 4 is 11.3 Å². The van der Waals surface area contributed by atoms with E-state index in [-0.39, 0.29) is 0 Å². The van der Waals surface area contributed by atoms with Gasteiger partial charge in [-0.25, -0.2) is 4.98 Å². The lowest BCUT2D eigenvalue weighted by Crippen LogP contribution is -2.16. The van der Waals surface area contributed by atoms with Gasteiger partial charge in [-0.3, -0.25) is 0 Å². The van der Waals surface area contributed by atoms with Gasteiger partial charge in [0.1, 0.15) is 10.4 Å². The second-order valence-corrected chi connectivity index (χ2v) is 5.56. The Morgan fingerprint density at radius 3 is 2.81 bits per heavy atom. The molecule has 1 aliphatic rings. The van der Waals surface area contributed by atoms with Crippen molar-refractivity contribution in [2.45, 2.75) is 38.0 Å². The number of aromatic nitrogens is 1. The second kappa shape index (κ2) is 4.52. The van der Waals surface area contributed by atoms with E-state index in [1.807, 2.05) is 13.8 Å². The highest BCUT2D eigenvalue weighted by molar-refractivity contribution is 7.09. The van der Waals surface area contributed by atoms with Gasteiger partial charge in [-0.2, -0.15) is 5.26 Å². The van der Waals surface area contributed by atoms with E-state index in [4.69, 9.17) is 10.00 Å². The summed E-state index contributed by atoms with van der Waals surface area (Å²) in [4.78, 5) is 4.62. The zero-order valence-electron chi connectivity index (χ0n) is 9.69. The van der Waals surface area contributed by atoms with Gasteiger partial charge in [0.25, 0.3) is 0 Å². The van der Waals surface area contributed by atoms with Crippen molar-refractivity contribution in [2.24, 2.45) is 0 Å². The molecule has 3 nitrogen and oxygen atoms in total. The molecule has 4 heteroatoms. The first-order valence-electron chi connectivity index (χ1n) is 5.58. The third kappa shape index (κ3) is 2.26. The first-order valence-corrected chi connectivity index (χ1v) is 6.46. The average Bonchev–Trinajstić information content (AvgIpc) is 2.80. The monoisotopic (exact) mass is 236 g/mol. The quantitative estimate of drug-likeness (QED) is 0.793. The molecule has 0 amide bonds. The molecule has 1 saturated heterocycles. The Morgan fingerprint density at radius 2 is 2.19 bits per heavy atom. The van der Waals surface area contributed by atoms with Crippen LogP contribution < -0.4 is 0 Å². The maximum absolute atomic E-state index is 9.06. The van der Waals surface area contributed by atoms with E-state index in [0.29, 0.717) is 5.92 Å². The van der Waals surface area contributed by atoms with Crippen LogP contribution in [0.25, 0.3) is 0 Å². The second-order valence-electron chi connectivity index (χ2n) is 4.70. The summed E-state index contributed by atoms with van der Waals surface area (Å²) in [5.41, 5.74) is 0.681. The van der Waals surface area contributed by atoms with E-state index in [1.54, 1.807) is 11.3 Å². The van der Waals surface area contributed by atoms with Crippen LogP contribution in [0.15, 0.2) is 5.38 Å². The molecule has 0 bridgehead atoms. The molecule has 0 aromatic carbocycles. The molecule has 0 unspecified atom stereocenters. The van der Waals surface area contributed by atoms with E-state index in [0.717, 1.165) is 36.8 Å². The Kier molecular flexibility index (Phi) is 3.27. The highest BCUT2D eigenvalue weighted by Gasteiger charge is 2.26. The Hall–Kier alpha value is -0.920. The standard InChI is InChI=1S/C12H16N2OS/c1-12(2,8-13)11-14-10(7-16-11)9-3-5-15-6-4-9/h7,9H,3-6H2,1-2H3. The number of hydrogen-bond acceptors (Lipinski definition) is 4. The topological polar surface area (TPSA) is 45.9 Å². The van der Waals surface area contributed by atoms with Crippen molar-refractivity contribution in [3.63, 3.8) is 0 Å². The van der Waals surface area contributed by atoms with Crippen LogP contribution in [0.4, 0.5) is 0 Å². The van der Waals surface area contributed by atoms with Crippen LogP contribution in [0.3, 0.4) is 0 Å². The number of hydrogen-bond donors (Lipinski definition) is 0. The highest BCUT2D eigenvalue weighted by atomic mass is 32.1. The van der Waals surface area contributed by atoms with Crippen LogP contribution >= 0.6 is 11.3 Å². The fourth-order valence-corrected chi connectivity index (χ4v) is 2.78. The highest BCUT2D eigenvalue weighted by Crippen LogP contribution is 2.32. The molecule has 16 heavy (non-hydrogen) atoms. The van der Waals surface area contributed by atoms with Gasteiger partial charge >= 0.3 is 0 Å². The molecule has 0 N–H and O–H groups in total. The largest absolute Gasteiger partial charge is 0.381 e. The van der Waals surface area contributed by atoms with Crippen LogP contribution in [-0.4, -0.2) is 18.2 Å². The Balaban J connectivity index is 2.16. The minimum Gasteiger partial charge on any atom is -0.381 e. The Morgan fingerprint density at radius 1 is 1.50 bits per heavy atom. The van der Waals surface area contributed by atoms with Crippen LogP contribution in [-0.2, 0) is 10.2 Å². The molecule has 2 heterocycles. The van der Waals surface area contributed by atoms with Crippen molar-refractivity contribution in [1.29, 1.82) is 5.26 Å². The predicted octanol–water partition coefficient (Wildman–Crippen LogP) is 2.84. The van der Waals surface area contributed by atoms with Crippen LogP contribution in [0.1, 0.15) is 43.3 Å². The van der Waals surface area contributed by atoms with Crippen molar-refractivity contribution < 1.29 is 4.74 Å². The number of ether oxygens (including phenoxy) is 1. The minimum atomic E-state index is -0.464. The smallest absolute Gasteiger partial charge is 0.113 e. The summed E-state index contributed by atoms with van der Waals surface area (Å²) in [5.74, 6) is 0.522.